The van der Waals surface area contributed by atoms with Gasteiger partial charge in [-0.25, -0.2) is 4.39 Å². The Morgan fingerprint density at radius 2 is 1.89 bits per heavy atom. The number of nitrogens with zero attached hydrogens (tertiary/aromatic N) is 1. The third-order valence-corrected chi connectivity index (χ3v) is 3.71. The van der Waals surface area contributed by atoms with Gasteiger partial charge in [0.05, 0.1) is 0 Å². The van der Waals surface area contributed by atoms with Crippen LogP contribution in [0.1, 0.15) is 25.8 Å². The highest BCUT2D eigenvalue weighted by Crippen LogP contribution is 2.22. The number of hydrogen-bond acceptors (Lipinski definition) is 3. The standard InChI is InChI=1S/C14H21BFNO2/c1-10-5-11(2)8-17(7-10)9-12-3-4-13(15(18)19)6-14(12)16/h3-4,6,10-11,18-19H,5,7-9H2,1-2H3. The van der Waals surface area contributed by atoms with E-state index < -0.39 is 7.12 Å². The minimum atomic E-state index is -1.61. The van der Waals surface area contributed by atoms with E-state index in [1.807, 2.05) is 0 Å². The average molecular weight is 265 g/mol. The number of piperidine rings is 1. The van der Waals surface area contributed by atoms with Crippen molar-refractivity contribution in [3.8, 4) is 0 Å². The van der Waals surface area contributed by atoms with Crippen LogP contribution in [0.15, 0.2) is 18.2 Å². The zero-order chi connectivity index (χ0) is 14.0. The minimum absolute atomic E-state index is 0.196. The lowest BCUT2D eigenvalue weighted by molar-refractivity contribution is 0.133. The van der Waals surface area contributed by atoms with E-state index in [2.05, 4.69) is 18.7 Å². The molecule has 5 heteroatoms. The highest BCUT2D eigenvalue weighted by atomic mass is 19.1. The van der Waals surface area contributed by atoms with Crippen molar-refractivity contribution in [1.82, 2.24) is 4.90 Å². The van der Waals surface area contributed by atoms with Gasteiger partial charge in [-0.1, -0.05) is 26.0 Å². The maximum Gasteiger partial charge on any atom is 0.488 e. The first-order chi connectivity index (χ1) is 8.95. The predicted octanol–water partition coefficient (Wildman–Crippen LogP) is 0.983. The molecular weight excluding hydrogens is 244 g/mol. The first-order valence-corrected chi connectivity index (χ1v) is 6.82. The van der Waals surface area contributed by atoms with Gasteiger partial charge in [-0.05, 0) is 29.8 Å². The van der Waals surface area contributed by atoms with Crippen LogP contribution in [0.4, 0.5) is 4.39 Å². The first-order valence-electron chi connectivity index (χ1n) is 6.82. The Hall–Kier alpha value is -0.905. The van der Waals surface area contributed by atoms with Crippen LogP contribution in [0.25, 0.3) is 0 Å². The summed E-state index contributed by atoms with van der Waals surface area (Å²) in [5.41, 5.74) is 0.812. The lowest BCUT2D eigenvalue weighted by atomic mass is 9.80. The Morgan fingerprint density at radius 1 is 1.26 bits per heavy atom. The second-order valence-corrected chi connectivity index (χ2v) is 5.86. The molecule has 1 saturated heterocycles. The summed E-state index contributed by atoms with van der Waals surface area (Å²) < 4.78 is 13.9. The van der Waals surface area contributed by atoms with E-state index in [1.54, 1.807) is 12.1 Å². The molecule has 19 heavy (non-hydrogen) atoms. The van der Waals surface area contributed by atoms with Gasteiger partial charge >= 0.3 is 7.12 Å². The number of benzene rings is 1. The Bertz CT molecular complexity index is 431. The minimum Gasteiger partial charge on any atom is -0.423 e. The van der Waals surface area contributed by atoms with E-state index in [9.17, 15) is 4.39 Å². The van der Waals surface area contributed by atoms with Crippen LogP contribution in [0, 0.1) is 17.7 Å². The molecule has 2 rings (SSSR count). The van der Waals surface area contributed by atoms with Gasteiger partial charge in [-0.2, -0.15) is 0 Å². The topological polar surface area (TPSA) is 43.7 Å². The highest BCUT2D eigenvalue weighted by Gasteiger charge is 2.23. The van der Waals surface area contributed by atoms with Gasteiger partial charge in [0, 0.05) is 25.2 Å². The Morgan fingerprint density at radius 3 is 2.42 bits per heavy atom. The highest BCUT2D eigenvalue weighted by molar-refractivity contribution is 6.58. The molecule has 2 unspecified atom stereocenters. The molecule has 0 spiro atoms. The monoisotopic (exact) mass is 265 g/mol. The van der Waals surface area contributed by atoms with Crippen LogP contribution in [0.5, 0.6) is 0 Å². The second kappa shape index (κ2) is 6.03. The molecule has 0 saturated carbocycles. The van der Waals surface area contributed by atoms with Crippen LogP contribution >= 0.6 is 0 Å². The first kappa shape index (κ1) is 14.5. The van der Waals surface area contributed by atoms with Crippen LogP contribution in [0.2, 0.25) is 0 Å². The summed E-state index contributed by atoms with van der Waals surface area (Å²) in [7, 11) is -1.61. The van der Waals surface area contributed by atoms with Gasteiger partial charge in [0.15, 0.2) is 0 Å². The van der Waals surface area contributed by atoms with Crippen LogP contribution in [-0.2, 0) is 6.54 Å². The average Bonchev–Trinajstić information content (AvgIpc) is 2.30. The summed E-state index contributed by atoms with van der Waals surface area (Å²) in [5.74, 6) is 0.923. The molecule has 1 heterocycles. The molecule has 104 valence electrons. The second-order valence-electron chi connectivity index (χ2n) is 5.86. The zero-order valence-electron chi connectivity index (χ0n) is 11.5. The lowest BCUT2D eigenvalue weighted by Gasteiger charge is -2.35. The lowest BCUT2D eigenvalue weighted by Crippen LogP contribution is -2.38. The van der Waals surface area contributed by atoms with Gasteiger partial charge in [0.2, 0.25) is 0 Å². The Balaban J connectivity index is 2.06. The fraction of sp³-hybridized carbons (Fsp3) is 0.571. The molecule has 0 radical (unpaired) electrons. The largest absolute Gasteiger partial charge is 0.488 e. The van der Waals surface area contributed by atoms with Crippen LogP contribution in [0.3, 0.4) is 0 Å². The molecule has 2 atom stereocenters. The molecule has 0 aliphatic carbocycles. The molecule has 3 nitrogen and oxygen atoms in total. The van der Waals surface area contributed by atoms with Crippen molar-refractivity contribution < 1.29 is 14.4 Å². The van der Waals surface area contributed by atoms with E-state index in [4.69, 9.17) is 10.0 Å². The van der Waals surface area contributed by atoms with Gasteiger partial charge in [-0.15, -0.1) is 0 Å². The summed E-state index contributed by atoms with van der Waals surface area (Å²) >= 11 is 0. The Kier molecular flexibility index (Phi) is 4.60. The summed E-state index contributed by atoms with van der Waals surface area (Å²) in [6, 6.07) is 4.42. The normalized spacial score (nSPS) is 24.5. The van der Waals surface area contributed by atoms with Gasteiger partial charge < -0.3 is 10.0 Å². The fourth-order valence-corrected chi connectivity index (χ4v) is 3.01. The summed E-state index contributed by atoms with van der Waals surface area (Å²) in [6.07, 6.45) is 1.23. The smallest absolute Gasteiger partial charge is 0.423 e. The van der Waals surface area contributed by atoms with Crippen LogP contribution in [-0.4, -0.2) is 35.2 Å². The molecule has 1 fully saturated rings. The summed E-state index contributed by atoms with van der Waals surface area (Å²) in [6.45, 7) is 7.03. The SMILES string of the molecule is CC1CC(C)CN(Cc2ccc(B(O)O)cc2F)C1. The third-order valence-electron chi connectivity index (χ3n) is 3.71. The molecule has 1 aliphatic rings. The van der Waals surface area contributed by atoms with Gasteiger partial charge in [-0.3, -0.25) is 4.90 Å². The third kappa shape index (κ3) is 3.78. The summed E-state index contributed by atoms with van der Waals surface area (Å²) in [5, 5.41) is 18.0. The molecule has 1 aromatic rings. The molecule has 0 aromatic heterocycles. The van der Waals surface area contributed by atoms with Gasteiger partial charge in [0.25, 0.3) is 0 Å². The van der Waals surface area contributed by atoms with Crippen molar-refractivity contribution in [2.45, 2.75) is 26.8 Å². The zero-order valence-corrected chi connectivity index (χ0v) is 11.5. The maximum absolute atomic E-state index is 13.9. The molecule has 1 aliphatic heterocycles. The molecule has 0 bridgehead atoms. The van der Waals surface area contributed by atoms with Gasteiger partial charge in [0.1, 0.15) is 5.82 Å². The van der Waals surface area contributed by atoms with E-state index in [0.717, 1.165) is 13.1 Å². The molecule has 1 aromatic carbocycles. The molecular formula is C14H21BFNO2. The van der Waals surface area contributed by atoms with Crippen molar-refractivity contribution in [3.63, 3.8) is 0 Å². The van der Waals surface area contributed by atoms with Crippen molar-refractivity contribution in [1.29, 1.82) is 0 Å². The van der Waals surface area contributed by atoms with E-state index in [0.29, 0.717) is 23.9 Å². The predicted molar refractivity (Wildman–Crippen MR) is 74.4 cm³/mol. The van der Waals surface area contributed by atoms with E-state index in [1.165, 1.54) is 12.5 Å². The van der Waals surface area contributed by atoms with Crippen molar-refractivity contribution in [2.75, 3.05) is 13.1 Å². The maximum atomic E-state index is 13.9. The molecule has 0 amide bonds. The number of rotatable bonds is 3. The summed E-state index contributed by atoms with van der Waals surface area (Å²) in [4.78, 5) is 2.27. The van der Waals surface area contributed by atoms with Crippen molar-refractivity contribution >= 4 is 12.6 Å². The van der Waals surface area contributed by atoms with E-state index >= 15 is 0 Å². The van der Waals surface area contributed by atoms with Crippen molar-refractivity contribution in [2.24, 2.45) is 11.8 Å². The molecule has 2 N–H and O–H groups in total. The number of hydrogen-bond donors (Lipinski definition) is 2. The van der Waals surface area contributed by atoms with Crippen molar-refractivity contribution in [3.05, 3.63) is 29.6 Å². The number of halogens is 1. The van der Waals surface area contributed by atoms with E-state index in [-0.39, 0.29) is 11.3 Å². The van der Waals surface area contributed by atoms with Crippen LogP contribution < -0.4 is 5.46 Å². The fourth-order valence-electron chi connectivity index (χ4n) is 3.01. The number of likely N-dealkylation sites (tertiary alicyclic amines) is 1. The Labute approximate surface area is 114 Å². The quantitative estimate of drug-likeness (QED) is 0.801.